The Bertz CT molecular complexity index is 172. The van der Waals surface area contributed by atoms with E-state index in [1.165, 1.54) is 0 Å². The molecule has 0 amide bonds. The van der Waals surface area contributed by atoms with Crippen molar-refractivity contribution in [1.82, 2.24) is 0 Å². The average Bonchev–Trinajstić information content (AvgIpc) is 1.90. The van der Waals surface area contributed by atoms with Crippen LogP contribution in [0.25, 0.3) is 0 Å². The Morgan fingerprint density at radius 3 is 2.00 bits per heavy atom. The van der Waals surface area contributed by atoms with Crippen LogP contribution >= 0.6 is 0 Å². The fourth-order valence-electron chi connectivity index (χ4n) is 0.506. The second-order valence-corrected chi connectivity index (χ2v) is 1.47. The smallest absolute Gasteiger partial charge is 0.233 e. The Morgan fingerprint density at radius 1 is 1.11 bits per heavy atom. The van der Waals surface area contributed by atoms with Crippen molar-refractivity contribution in [1.29, 1.82) is 0 Å². The normalized spacial score (nSPS) is 7.56. The van der Waals surface area contributed by atoms with E-state index >= 15 is 0 Å². The number of carbonyl (C=O) groups excluding carboxylic acids is 1. The summed E-state index contributed by atoms with van der Waals surface area (Å²) in [5, 5.41) is 0. The van der Waals surface area contributed by atoms with Crippen LogP contribution in [-0.2, 0) is 4.79 Å². The van der Waals surface area contributed by atoms with Crippen LogP contribution in [0.3, 0.4) is 0 Å². The van der Waals surface area contributed by atoms with Gasteiger partial charge in [-0.15, -0.1) is 0 Å². The van der Waals surface area contributed by atoms with E-state index in [0.29, 0.717) is 5.56 Å². The molecule has 1 radical (unpaired) electrons. The third-order valence-corrected chi connectivity index (χ3v) is 0.892. The average molecular weight is 268 g/mol. The number of hydrogen-bond donors (Lipinski definition) is 0. The molecule has 0 heterocycles. The maximum atomic E-state index is 9.88. The Labute approximate surface area is 84.5 Å². The van der Waals surface area contributed by atoms with Crippen molar-refractivity contribution in [2.75, 3.05) is 0 Å². The second kappa shape index (κ2) is 4.99. The molecule has 0 bridgehead atoms. The molecule has 0 saturated heterocycles. The van der Waals surface area contributed by atoms with Gasteiger partial charge in [-0.3, -0.25) is 4.79 Å². The van der Waals surface area contributed by atoms with Crippen molar-refractivity contribution < 1.29 is 43.0 Å². The molecule has 1 aromatic carbocycles. The van der Waals surface area contributed by atoms with Crippen LogP contribution in [0.2, 0.25) is 0 Å². The summed E-state index contributed by atoms with van der Waals surface area (Å²) in [6.07, 6.45) is 1.78. The van der Waals surface area contributed by atoms with Gasteiger partial charge in [0.15, 0.2) is 0 Å². The predicted octanol–water partition coefficient (Wildman–Crippen LogP) is 1.14. The van der Waals surface area contributed by atoms with E-state index in [0.717, 1.165) is 0 Å². The van der Waals surface area contributed by atoms with E-state index in [4.69, 9.17) is 0 Å². The van der Waals surface area contributed by atoms with Gasteiger partial charge < -0.3 is 0 Å². The molecule has 0 N–H and O–H groups in total. The van der Waals surface area contributed by atoms with E-state index < -0.39 is 0 Å². The molecule has 0 saturated carbocycles. The largest absolute Gasteiger partial charge is 0.285 e. The van der Waals surface area contributed by atoms with Crippen LogP contribution in [0, 0.1) is 38.2 Å². The molecule has 0 aliphatic carbocycles. The molecule has 1 nitrogen and oxygen atoms in total. The third-order valence-electron chi connectivity index (χ3n) is 0.892. The first kappa shape index (κ1) is 9.16. The minimum Gasteiger partial charge on any atom is -0.285 e. The molecular formula is C7H5DyO. The topological polar surface area (TPSA) is 17.1 Å². The minimum absolute atomic E-state index is 0. The zero-order valence-electron chi connectivity index (χ0n) is 4.61. The van der Waals surface area contributed by atoms with Gasteiger partial charge >= 0.3 is 0 Å². The first-order chi connectivity index (χ1) is 3.93. The molecule has 1 rings (SSSR count). The number of hydrogen-bond acceptors (Lipinski definition) is 1. The molecule has 0 unspecified atom stereocenters. The van der Waals surface area contributed by atoms with Crippen molar-refractivity contribution in [2.24, 2.45) is 0 Å². The SMILES string of the molecule is O=[C]c1ccccc1.[Dy]. The van der Waals surface area contributed by atoms with E-state index in [1.807, 2.05) is 6.07 Å². The van der Waals surface area contributed by atoms with Gasteiger partial charge in [0.2, 0.25) is 6.29 Å². The summed E-state index contributed by atoms with van der Waals surface area (Å²) in [6.45, 7) is 0. The predicted molar refractivity (Wildman–Crippen MR) is 31.2 cm³/mol. The number of benzene rings is 1. The molecule has 49 valence electrons. The summed E-state index contributed by atoms with van der Waals surface area (Å²) >= 11 is 0. The zero-order chi connectivity index (χ0) is 5.82. The molecule has 0 aliphatic heterocycles. The first-order valence-electron chi connectivity index (χ1n) is 2.36. The number of rotatable bonds is 1. The summed E-state index contributed by atoms with van der Waals surface area (Å²) in [5.74, 6) is 0. The summed E-state index contributed by atoms with van der Waals surface area (Å²) < 4.78 is 0. The maximum absolute atomic E-state index is 9.88. The van der Waals surface area contributed by atoms with Crippen molar-refractivity contribution in [3.8, 4) is 0 Å². The van der Waals surface area contributed by atoms with Gasteiger partial charge in [-0.05, 0) is 0 Å². The van der Waals surface area contributed by atoms with Gasteiger partial charge in [-0.2, -0.15) is 0 Å². The molecule has 2 heteroatoms. The standard InChI is InChI=1S/C7H5O.Dy/c8-6-7-4-2-1-3-5-7;/h1-5H;. The van der Waals surface area contributed by atoms with Crippen LogP contribution in [0.4, 0.5) is 0 Å². The van der Waals surface area contributed by atoms with Gasteiger partial charge in [0.05, 0.1) is 0 Å². The summed E-state index contributed by atoms with van der Waals surface area (Å²) in [5.41, 5.74) is 0.604. The Morgan fingerprint density at radius 2 is 1.67 bits per heavy atom. The van der Waals surface area contributed by atoms with Gasteiger partial charge in [-0.1, -0.05) is 30.3 Å². The van der Waals surface area contributed by atoms with E-state index in [1.54, 1.807) is 30.6 Å². The molecule has 9 heavy (non-hydrogen) atoms. The maximum Gasteiger partial charge on any atom is 0.233 e. The van der Waals surface area contributed by atoms with Crippen molar-refractivity contribution in [3.05, 3.63) is 35.9 Å². The Kier molecular flexibility index (Phi) is 5.08. The van der Waals surface area contributed by atoms with E-state index in [9.17, 15) is 4.79 Å². The fraction of sp³-hybridized carbons (Fsp3) is 0. The molecular weight excluding hydrogens is 263 g/mol. The van der Waals surface area contributed by atoms with Crippen molar-refractivity contribution in [3.63, 3.8) is 0 Å². The van der Waals surface area contributed by atoms with Crippen LogP contribution < -0.4 is 0 Å². The van der Waals surface area contributed by atoms with Crippen molar-refractivity contribution in [2.45, 2.75) is 0 Å². The van der Waals surface area contributed by atoms with Crippen LogP contribution in [0.1, 0.15) is 5.56 Å². The van der Waals surface area contributed by atoms with Gasteiger partial charge in [0, 0.05) is 43.7 Å². The Hall–Kier alpha value is 0.163. The summed E-state index contributed by atoms with van der Waals surface area (Å²) in [4.78, 5) is 9.88. The van der Waals surface area contributed by atoms with Gasteiger partial charge in [-0.25, -0.2) is 0 Å². The molecule has 0 spiro atoms. The first-order valence-corrected chi connectivity index (χ1v) is 2.36. The fourth-order valence-corrected chi connectivity index (χ4v) is 0.506. The quantitative estimate of drug-likeness (QED) is 0.746. The monoisotopic (exact) mass is 269 g/mol. The molecule has 0 aliphatic rings. The minimum atomic E-state index is 0. The summed E-state index contributed by atoms with van der Waals surface area (Å²) in [6, 6.07) is 8.90. The van der Waals surface area contributed by atoms with Crippen LogP contribution in [-0.4, -0.2) is 6.29 Å². The molecule has 0 atom stereocenters. The molecule has 0 aromatic heterocycles. The van der Waals surface area contributed by atoms with Crippen LogP contribution in [0.15, 0.2) is 30.3 Å². The summed E-state index contributed by atoms with van der Waals surface area (Å²) in [7, 11) is 0. The second-order valence-electron chi connectivity index (χ2n) is 1.47. The van der Waals surface area contributed by atoms with Crippen molar-refractivity contribution >= 4 is 6.29 Å². The van der Waals surface area contributed by atoms with E-state index in [-0.39, 0.29) is 38.2 Å². The Balaban J connectivity index is 0.000000640. The molecule has 0 fully saturated rings. The van der Waals surface area contributed by atoms with Gasteiger partial charge in [0.25, 0.3) is 0 Å². The van der Waals surface area contributed by atoms with E-state index in [2.05, 4.69) is 0 Å². The van der Waals surface area contributed by atoms with Crippen LogP contribution in [0.5, 0.6) is 0 Å². The van der Waals surface area contributed by atoms with Gasteiger partial charge in [0.1, 0.15) is 0 Å². The third kappa shape index (κ3) is 3.00. The zero-order valence-corrected chi connectivity index (χ0v) is 6.64. The molecule has 1 aromatic rings.